The van der Waals surface area contributed by atoms with Gasteiger partial charge in [0.1, 0.15) is 0 Å². The van der Waals surface area contributed by atoms with Gasteiger partial charge in [-0.05, 0) is 6.92 Å². The molecule has 9 heavy (non-hydrogen) atoms. The van der Waals surface area contributed by atoms with Crippen molar-refractivity contribution >= 4 is 13.8 Å². The molecule has 0 heterocycles. The van der Waals surface area contributed by atoms with Crippen LogP contribution in [0.2, 0.25) is 0 Å². The van der Waals surface area contributed by atoms with Crippen LogP contribution in [-0.2, 0) is 9.53 Å². The number of carbonyl (C=O) groups excluding carboxylic acids is 1. The molecule has 2 radical (unpaired) electrons. The first-order valence-corrected chi connectivity index (χ1v) is 2.32. The van der Waals surface area contributed by atoms with Crippen molar-refractivity contribution in [2.75, 3.05) is 6.61 Å². The number of hydrogen-bond donors (Lipinski definition) is 0. The molecule has 0 aromatic rings. The Morgan fingerprint density at radius 2 is 2.22 bits per heavy atom. The Bertz CT molecular complexity index is 110. The van der Waals surface area contributed by atoms with Crippen LogP contribution in [0.5, 0.6) is 0 Å². The highest BCUT2D eigenvalue weighted by Gasteiger charge is 2.32. The molecule has 0 rings (SSSR count). The minimum Gasteiger partial charge on any atom is -0.462 e. The maximum Gasteiger partial charge on any atom is 0.365 e. The van der Waals surface area contributed by atoms with Crippen molar-refractivity contribution < 1.29 is 18.3 Å². The second-order valence-corrected chi connectivity index (χ2v) is 1.34. The molecule has 0 aromatic carbocycles. The van der Waals surface area contributed by atoms with Crippen molar-refractivity contribution in [2.24, 2.45) is 0 Å². The van der Waals surface area contributed by atoms with E-state index in [4.69, 9.17) is 0 Å². The molecule has 0 aliphatic heterocycles. The Morgan fingerprint density at radius 3 is 2.33 bits per heavy atom. The lowest BCUT2D eigenvalue weighted by Crippen LogP contribution is -2.30. The van der Waals surface area contributed by atoms with E-state index in [0.29, 0.717) is 0 Å². The minimum absolute atomic E-state index is 0.0916. The molecule has 2 nitrogen and oxygen atoms in total. The van der Waals surface area contributed by atoms with E-state index in [1.54, 1.807) is 0 Å². The van der Waals surface area contributed by atoms with E-state index in [-0.39, 0.29) is 6.61 Å². The lowest BCUT2D eigenvalue weighted by atomic mass is 9.99. The van der Waals surface area contributed by atoms with E-state index >= 15 is 0 Å². The zero-order valence-corrected chi connectivity index (χ0v) is 4.86. The summed E-state index contributed by atoms with van der Waals surface area (Å²) in [6, 6.07) is 0. The van der Waals surface area contributed by atoms with Crippen molar-refractivity contribution in [1.82, 2.24) is 0 Å². The molecule has 50 valence electrons. The molecule has 0 aromatic heterocycles. The van der Waals surface area contributed by atoms with Gasteiger partial charge in [-0.3, -0.25) is 0 Å². The van der Waals surface area contributed by atoms with Crippen molar-refractivity contribution in [3.8, 4) is 0 Å². The largest absolute Gasteiger partial charge is 0.462 e. The Morgan fingerprint density at radius 1 is 1.78 bits per heavy atom. The van der Waals surface area contributed by atoms with E-state index in [2.05, 4.69) is 12.6 Å². The first-order chi connectivity index (χ1) is 3.98. The highest BCUT2D eigenvalue weighted by Crippen LogP contribution is 2.08. The van der Waals surface area contributed by atoms with Crippen LogP contribution in [0.25, 0.3) is 0 Å². The number of rotatable bonds is 2. The quantitative estimate of drug-likeness (QED) is 0.401. The fourth-order valence-electron chi connectivity index (χ4n) is 0.227. The van der Waals surface area contributed by atoms with E-state index < -0.39 is 11.8 Å². The first kappa shape index (κ1) is 8.39. The summed E-state index contributed by atoms with van der Waals surface area (Å²) in [4.78, 5) is 9.97. The van der Waals surface area contributed by atoms with E-state index in [1.165, 1.54) is 6.92 Å². The molecular weight excluding hydrogens is 129 g/mol. The average molecular weight is 134 g/mol. The maximum atomic E-state index is 11.6. The summed E-state index contributed by atoms with van der Waals surface area (Å²) in [7, 11) is 4.06. The molecule has 0 fully saturated rings. The summed E-state index contributed by atoms with van der Waals surface area (Å²) in [6.45, 7) is 1.33. The lowest BCUT2D eigenvalue weighted by Gasteiger charge is -2.07. The van der Waals surface area contributed by atoms with E-state index in [9.17, 15) is 13.6 Å². The number of hydrogen-bond acceptors (Lipinski definition) is 2. The lowest BCUT2D eigenvalue weighted by molar-refractivity contribution is -0.160. The molecule has 0 saturated heterocycles. The maximum absolute atomic E-state index is 11.6. The van der Waals surface area contributed by atoms with Crippen LogP contribution in [0.3, 0.4) is 0 Å². The Labute approximate surface area is 52.6 Å². The third-order valence-corrected chi connectivity index (χ3v) is 0.548. The SMILES string of the molecule is [B]C(F)(F)C(=O)OCC. The van der Waals surface area contributed by atoms with Crippen LogP contribution in [0, 0.1) is 0 Å². The van der Waals surface area contributed by atoms with Crippen molar-refractivity contribution in [2.45, 2.75) is 12.7 Å². The molecule has 0 saturated carbocycles. The van der Waals surface area contributed by atoms with Crippen LogP contribution in [0.1, 0.15) is 6.92 Å². The van der Waals surface area contributed by atoms with Crippen LogP contribution >= 0.6 is 0 Å². The van der Waals surface area contributed by atoms with Gasteiger partial charge in [0.05, 0.1) is 6.61 Å². The summed E-state index contributed by atoms with van der Waals surface area (Å²) in [5.74, 6) is -5.54. The summed E-state index contributed by atoms with van der Waals surface area (Å²) >= 11 is 0. The fourth-order valence-corrected chi connectivity index (χ4v) is 0.227. The van der Waals surface area contributed by atoms with Crippen molar-refractivity contribution in [1.29, 1.82) is 0 Å². The zero-order chi connectivity index (χ0) is 7.49. The van der Waals surface area contributed by atoms with Gasteiger partial charge in [-0.25, -0.2) is 13.6 Å². The van der Waals surface area contributed by atoms with Gasteiger partial charge in [-0.1, -0.05) is 0 Å². The smallest absolute Gasteiger partial charge is 0.365 e. The molecule has 0 aliphatic carbocycles. The zero-order valence-electron chi connectivity index (χ0n) is 4.86. The van der Waals surface area contributed by atoms with E-state index in [0.717, 1.165) is 0 Å². The van der Waals surface area contributed by atoms with Gasteiger partial charge in [-0.2, -0.15) is 0 Å². The standard InChI is InChI=1S/C4H5BF2O2/c1-2-9-3(8)4(5,6)7/h2H2,1H3. The molecule has 0 spiro atoms. The minimum atomic E-state index is -3.85. The number of alkyl halides is 2. The number of carbonyl (C=O) groups is 1. The molecule has 0 amide bonds. The van der Waals surface area contributed by atoms with Gasteiger partial charge >= 0.3 is 5.97 Å². The van der Waals surface area contributed by atoms with E-state index in [1.807, 2.05) is 0 Å². The fraction of sp³-hybridized carbons (Fsp3) is 0.750. The van der Waals surface area contributed by atoms with Crippen LogP contribution < -0.4 is 0 Å². The second kappa shape index (κ2) is 2.80. The van der Waals surface area contributed by atoms with Gasteiger partial charge in [0.15, 0.2) is 7.85 Å². The monoisotopic (exact) mass is 134 g/mol. The predicted octanol–water partition coefficient (Wildman–Crippen LogP) is 0.311. The second-order valence-electron chi connectivity index (χ2n) is 1.34. The predicted molar refractivity (Wildman–Crippen MR) is 27.3 cm³/mol. The highest BCUT2D eigenvalue weighted by atomic mass is 19.3. The first-order valence-electron chi connectivity index (χ1n) is 2.32. The molecule has 5 heteroatoms. The van der Waals surface area contributed by atoms with Gasteiger partial charge in [0.2, 0.25) is 0 Å². The number of halogens is 2. The highest BCUT2D eigenvalue weighted by molar-refractivity contribution is 6.24. The summed E-state index contributed by atoms with van der Waals surface area (Å²) in [5.41, 5.74) is 0. The summed E-state index contributed by atoms with van der Waals surface area (Å²) in [5, 5.41) is 0. The Balaban J connectivity index is 3.74. The van der Waals surface area contributed by atoms with Crippen LogP contribution in [0.15, 0.2) is 0 Å². The van der Waals surface area contributed by atoms with Gasteiger partial charge in [0, 0.05) is 0 Å². The molecule has 0 N–H and O–H groups in total. The Hall–Kier alpha value is -0.605. The summed E-state index contributed by atoms with van der Waals surface area (Å²) in [6.07, 6.45) is 0. The molecule has 0 aliphatic rings. The van der Waals surface area contributed by atoms with Crippen LogP contribution in [0.4, 0.5) is 8.78 Å². The number of ether oxygens (including phenoxy) is 1. The van der Waals surface area contributed by atoms with Gasteiger partial charge in [-0.15, -0.1) is 0 Å². The van der Waals surface area contributed by atoms with Gasteiger partial charge in [0.25, 0.3) is 5.82 Å². The normalized spacial score (nSPS) is 11.0. The Kier molecular flexibility index (Phi) is 2.61. The molecule has 0 bridgehead atoms. The molecule has 0 unspecified atom stereocenters. The molecule has 0 atom stereocenters. The topological polar surface area (TPSA) is 26.3 Å². The average Bonchev–Trinajstić information content (AvgIpc) is 1.64. The third-order valence-electron chi connectivity index (χ3n) is 0.548. The van der Waals surface area contributed by atoms with Crippen molar-refractivity contribution in [3.05, 3.63) is 0 Å². The third kappa shape index (κ3) is 3.05. The van der Waals surface area contributed by atoms with Gasteiger partial charge < -0.3 is 4.74 Å². The summed E-state index contributed by atoms with van der Waals surface area (Å²) < 4.78 is 27.1. The van der Waals surface area contributed by atoms with Crippen molar-refractivity contribution in [3.63, 3.8) is 0 Å². The van der Waals surface area contributed by atoms with Crippen LogP contribution in [-0.4, -0.2) is 26.2 Å². The molecular formula is C4H5BF2O2. The number of esters is 1.